The fraction of sp³-hybridized carbons (Fsp3) is 0.471. The summed E-state index contributed by atoms with van der Waals surface area (Å²) in [7, 11) is 0. The zero-order valence-electron chi connectivity index (χ0n) is 25.4. The molecule has 1 saturated heterocycles. The van der Waals surface area contributed by atoms with Crippen molar-refractivity contribution in [3.05, 3.63) is 63.5 Å². The molecule has 4 heterocycles. The van der Waals surface area contributed by atoms with Gasteiger partial charge in [-0.3, -0.25) is 4.98 Å². The summed E-state index contributed by atoms with van der Waals surface area (Å²) in [6.45, 7) is 1.55. The van der Waals surface area contributed by atoms with Crippen molar-refractivity contribution in [3.8, 4) is 22.8 Å². The van der Waals surface area contributed by atoms with E-state index in [9.17, 15) is 9.90 Å². The molecule has 1 aromatic carbocycles. The number of pyridine rings is 2. The molecule has 1 N–H and O–H groups in total. The van der Waals surface area contributed by atoms with E-state index in [2.05, 4.69) is 15.1 Å². The number of aromatic nitrogens is 3. The average Bonchev–Trinajstić information content (AvgIpc) is 3.81. The second-order valence-corrected chi connectivity index (χ2v) is 14.1. The van der Waals surface area contributed by atoms with Gasteiger partial charge >= 0.3 is 5.97 Å². The van der Waals surface area contributed by atoms with Crippen LogP contribution in [0, 0.1) is 11.2 Å². The molecule has 4 saturated carbocycles. The van der Waals surface area contributed by atoms with Crippen molar-refractivity contribution in [2.24, 2.45) is 5.41 Å². The summed E-state index contributed by atoms with van der Waals surface area (Å²) in [6.07, 6.45) is 10.4. The van der Waals surface area contributed by atoms with Crippen LogP contribution >= 0.6 is 23.2 Å². The van der Waals surface area contributed by atoms with Crippen LogP contribution in [0.25, 0.3) is 22.2 Å². The average molecular weight is 685 g/mol. The van der Waals surface area contributed by atoms with Crippen LogP contribution in [0.5, 0.6) is 11.5 Å². The van der Waals surface area contributed by atoms with Gasteiger partial charge in [-0.05, 0) is 57.4 Å². The zero-order valence-corrected chi connectivity index (χ0v) is 26.9. The summed E-state index contributed by atoms with van der Waals surface area (Å²) >= 11 is 13.0. The first-order valence-corrected chi connectivity index (χ1v) is 16.6. The van der Waals surface area contributed by atoms with E-state index in [1.165, 1.54) is 12.1 Å². The quantitative estimate of drug-likeness (QED) is 0.167. The molecule has 5 fully saturated rings. The first-order valence-electron chi connectivity index (χ1n) is 15.9. The number of nitrogens with zero attached hydrogens (tertiary/aromatic N) is 3. The molecule has 10 nitrogen and oxygen atoms in total. The number of ether oxygens (including phenoxy) is 4. The lowest BCUT2D eigenvalue weighted by Crippen LogP contribution is -2.49. The Morgan fingerprint density at radius 1 is 1.04 bits per heavy atom. The van der Waals surface area contributed by atoms with E-state index in [-0.39, 0.29) is 34.1 Å². The highest BCUT2D eigenvalue weighted by molar-refractivity contribution is 6.38. The van der Waals surface area contributed by atoms with Crippen LogP contribution < -0.4 is 9.47 Å². The third-order valence-electron chi connectivity index (χ3n) is 10.2. The van der Waals surface area contributed by atoms with Gasteiger partial charge in [0, 0.05) is 52.4 Å². The van der Waals surface area contributed by atoms with Gasteiger partial charge in [0.2, 0.25) is 0 Å². The number of carbonyl (C=O) groups is 1. The monoisotopic (exact) mass is 683 g/mol. The molecule has 4 aliphatic carbocycles. The SMILES string of the molecule is O=C(O)c1cc(OC2COC2)c2cc(OCC34CCC(OCc5c(-c6c(Cl)cncc6Cl)noc5C5CC5)(CC3)CC4)cc(F)c2n1. The Morgan fingerprint density at radius 2 is 1.77 bits per heavy atom. The van der Waals surface area contributed by atoms with Gasteiger partial charge in [-0.2, -0.15) is 0 Å². The van der Waals surface area contributed by atoms with Crippen LogP contribution in [-0.2, 0) is 16.1 Å². The fourth-order valence-corrected chi connectivity index (χ4v) is 7.61. The van der Waals surface area contributed by atoms with Gasteiger partial charge < -0.3 is 28.6 Å². The maximum atomic E-state index is 15.3. The minimum Gasteiger partial charge on any atom is -0.493 e. The molecule has 0 spiro atoms. The molecule has 2 bridgehead atoms. The van der Waals surface area contributed by atoms with E-state index >= 15 is 4.39 Å². The number of hydrogen-bond acceptors (Lipinski definition) is 9. The van der Waals surface area contributed by atoms with Gasteiger partial charge in [-0.25, -0.2) is 14.2 Å². The topological polar surface area (TPSA) is 126 Å². The van der Waals surface area contributed by atoms with Crippen molar-refractivity contribution in [1.82, 2.24) is 15.1 Å². The van der Waals surface area contributed by atoms with E-state index in [1.54, 1.807) is 18.5 Å². The second-order valence-electron chi connectivity index (χ2n) is 13.3. The normalized spacial score (nSPS) is 24.0. The Bertz CT molecular complexity index is 1830. The lowest BCUT2D eigenvalue weighted by molar-refractivity contribution is -0.150. The maximum absolute atomic E-state index is 15.3. The molecule has 0 unspecified atom stereocenters. The fourth-order valence-electron chi connectivity index (χ4n) is 7.07. The summed E-state index contributed by atoms with van der Waals surface area (Å²) in [4.78, 5) is 19.7. The van der Waals surface area contributed by atoms with E-state index in [0.717, 1.165) is 62.7 Å². The number of halogens is 3. The van der Waals surface area contributed by atoms with Gasteiger partial charge in [0.05, 0.1) is 42.1 Å². The van der Waals surface area contributed by atoms with Crippen molar-refractivity contribution in [2.45, 2.75) is 75.6 Å². The molecule has 47 heavy (non-hydrogen) atoms. The molecule has 0 atom stereocenters. The van der Waals surface area contributed by atoms with E-state index in [4.69, 9.17) is 46.7 Å². The molecule has 1 aliphatic heterocycles. The lowest BCUT2D eigenvalue weighted by atomic mass is 9.59. The lowest BCUT2D eigenvalue weighted by Gasteiger charge is -2.52. The Morgan fingerprint density at radius 3 is 2.40 bits per heavy atom. The number of fused-ring (bicyclic) bond motifs is 4. The van der Waals surface area contributed by atoms with Crippen molar-refractivity contribution in [2.75, 3.05) is 19.8 Å². The van der Waals surface area contributed by atoms with Gasteiger partial charge in [-0.15, -0.1) is 0 Å². The highest BCUT2D eigenvalue weighted by atomic mass is 35.5. The minimum atomic E-state index is -1.26. The van der Waals surface area contributed by atoms with E-state index in [1.807, 2.05) is 0 Å². The number of hydrogen-bond donors (Lipinski definition) is 1. The highest BCUT2D eigenvalue weighted by Crippen LogP contribution is 2.55. The van der Waals surface area contributed by atoms with Crippen molar-refractivity contribution >= 4 is 40.1 Å². The third kappa shape index (κ3) is 5.81. The predicted octanol–water partition coefficient (Wildman–Crippen LogP) is 7.77. The molecule has 5 aliphatic rings. The third-order valence-corrected chi connectivity index (χ3v) is 10.8. The standard InChI is InChI=1S/C34H32Cl2FN3O7/c35-23-12-38-13-24(36)28(23)30-22(31(47-40-30)18-1-2-18)16-45-34-6-3-33(4-7-34,5-8-34)17-44-19-9-21-27(46-20-14-43-15-20)11-26(32(41)42)39-29(21)25(37)10-19/h9-13,18,20H,1-8,14-17H2,(H,41,42). The van der Waals surface area contributed by atoms with Crippen LogP contribution in [-0.4, -0.2) is 57.7 Å². The number of carboxylic acid groups (broad SMARTS) is 1. The predicted molar refractivity (Wildman–Crippen MR) is 169 cm³/mol. The number of benzene rings is 1. The Kier molecular flexibility index (Phi) is 7.78. The first kappa shape index (κ1) is 30.8. The Labute approximate surface area is 279 Å². The summed E-state index contributed by atoms with van der Waals surface area (Å²) in [6, 6.07) is 4.27. The van der Waals surface area contributed by atoms with Gasteiger partial charge in [0.25, 0.3) is 0 Å². The van der Waals surface area contributed by atoms with Crippen LogP contribution in [0.3, 0.4) is 0 Å². The van der Waals surface area contributed by atoms with Crippen molar-refractivity contribution in [1.29, 1.82) is 0 Å². The summed E-state index contributed by atoms with van der Waals surface area (Å²) in [5.41, 5.74) is 1.45. The first-order chi connectivity index (χ1) is 22.7. The van der Waals surface area contributed by atoms with Gasteiger partial charge in [0.1, 0.15) is 34.6 Å². The van der Waals surface area contributed by atoms with Crippen LogP contribution in [0.1, 0.15) is 79.1 Å². The minimum absolute atomic E-state index is 0.0514. The summed E-state index contributed by atoms with van der Waals surface area (Å²) in [5.74, 6) is -0.151. The number of aromatic carboxylic acids is 1. The van der Waals surface area contributed by atoms with Crippen molar-refractivity contribution in [3.63, 3.8) is 0 Å². The highest BCUT2D eigenvalue weighted by Gasteiger charge is 2.50. The van der Waals surface area contributed by atoms with Crippen LogP contribution in [0.15, 0.2) is 35.1 Å². The summed E-state index contributed by atoms with van der Waals surface area (Å²) < 4.78 is 45.3. The Hall–Kier alpha value is -3.51. The summed E-state index contributed by atoms with van der Waals surface area (Å²) in [5, 5.41) is 15.1. The van der Waals surface area contributed by atoms with Gasteiger partial charge in [-0.1, -0.05) is 28.4 Å². The number of rotatable bonds is 11. The number of carboxylic acids is 1. The van der Waals surface area contributed by atoms with Crippen LogP contribution in [0.4, 0.5) is 4.39 Å². The molecule has 4 aromatic rings. The molecule has 9 rings (SSSR count). The van der Waals surface area contributed by atoms with Gasteiger partial charge in [0.15, 0.2) is 11.5 Å². The molecular weight excluding hydrogens is 652 g/mol. The molecule has 0 radical (unpaired) electrons. The molecule has 246 valence electrons. The Balaban J connectivity index is 0.962. The van der Waals surface area contributed by atoms with Crippen molar-refractivity contribution < 1.29 is 37.8 Å². The van der Waals surface area contributed by atoms with Crippen LogP contribution in [0.2, 0.25) is 10.0 Å². The maximum Gasteiger partial charge on any atom is 0.354 e. The largest absolute Gasteiger partial charge is 0.493 e. The smallest absolute Gasteiger partial charge is 0.354 e. The molecule has 13 heteroatoms. The molecular formula is C34H32Cl2FN3O7. The molecule has 0 amide bonds. The zero-order chi connectivity index (χ0) is 32.3. The molecule has 3 aromatic heterocycles. The van der Waals surface area contributed by atoms with E-state index < -0.39 is 11.8 Å². The van der Waals surface area contributed by atoms with E-state index in [0.29, 0.717) is 64.8 Å². The second kappa shape index (κ2) is 11.9.